The van der Waals surface area contributed by atoms with Crippen molar-refractivity contribution >= 4 is 17.5 Å². The van der Waals surface area contributed by atoms with Crippen molar-refractivity contribution in [1.82, 2.24) is 10.3 Å². The fraction of sp³-hybridized carbons (Fsp3) is 0.500. The molecular weight excluding hydrogens is 224 g/mol. The molecule has 0 aliphatic rings. The van der Waals surface area contributed by atoms with Crippen LogP contribution >= 0.6 is 11.6 Å². The molecule has 1 amide bonds. The molecule has 1 heterocycles. The Bertz CT molecular complexity index is 366. The molecule has 1 aromatic rings. The summed E-state index contributed by atoms with van der Waals surface area (Å²) in [5, 5.41) is 3.23. The number of aryl methyl sites for hydroxylation is 1. The number of hydrogen-bond acceptors (Lipinski definition) is 2. The highest BCUT2D eigenvalue weighted by Crippen LogP contribution is 2.11. The van der Waals surface area contributed by atoms with Crippen LogP contribution in [0.15, 0.2) is 12.1 Å². The molecule has 0 saturated heterocycles. The minimum Gasteiger partial charge on any atom is -0.352 e. The molecule has 0 saturated carbocycles. The van der Waals surface area contributed by atoms with Gasteiger partial charge in [-0.3, -0.25) is 4.79 Å². The Kier molecular flexibility index (Phi) is 5.26. The fourth-order valence-corrected chi connectivity index (χ4v) is 1.57. The van der Waals surface area contributed by atoms with Gasteiger partial charge in [0.15, 0.2) is 0 Å². The van der Waals surface area contributed by atoms with E-state index < -0.39 is 0 Å². The Morgan fingerprint density at radius 2 is 2.19 bits per heavy atom. The van der Waals surface area contributed by atoms with Crippen molar-refractivity contribution in [3.8, 4) is 0 Å². The van der Waals surface area contributed by atoms with E-state index in [9.17, 15) is 4.79 Å². The number of aromatic nitrogens is 1. The van der Waals surface area contributed by atoms with E-state index in [0.717, 1.165) is 25.0 Å². The molecule has 0 aliphatic heterocycles. The Morgan fingerprint density at radius 3 is 2.81 bits per heavy atom. The highest BCUT2D eigenvalue weighted by molar-refractivity contribution is 6.29. The summed E-state index contributed by atoms with van der Waals surface area (Å²) < 4.78 is 0. The first-order valence-corrected chi connectivity index (χ1v) is 5.99. The van der Waals surface area contributed by atoms with Gasteiger partial charge in [-0.2, -0.15) is 0 Å². The molecule has 0 unspecified atom stereocenters. The molecule has 1 rings (SSSR count). The molecule has 16 heavy (non-hydrogen) atoms. The van der Waals surface area contributed by atoms with Gasteiger partial charge in [-0.05, 0) is 25.0 Å². The minimum absolute atomic E-state index is 0.0764. The normalized spacial score (nSPS) is 10.2. The lowest BCUT2D eigenvalue weighted by Gasteiger charge is -2.06. The number of nitrogens with zero attached hydrogens (tertiary/aromatic N) is 1. The number of halogens is 1. The average molecular weight is 241 g/mol. The van der Waals surface area contributed by atoms with Gasteiger partial charge < -0.3 is 5.32 Å². The van der Waals surface area contributed by atoms with Crippen LogP contribution in [0.3, 0.4) is 0 Å². The van der Waals surface area contributed by atoms with Crippen LogP contribution in [0, 0.1) is 0 Å². The largest absolute Gasteiger partial charge is 0.352 e. The van der Waals surface area contributed by atoms with Crippen LogP contribution in [0.25, 0.3) is 0 Å². The van der Waals surface area contributed by atoms with Crippen molar-refractivity contribution in [2.45, 2.75) is 33.1 Å². The number of pyridine rings is 1. The highest BCUT2D eigenvalue weighted by atomic mass is 35.5. The van der Waals surface area contributed by atoms with Crippen molar-refractivity contribution in [3.05, 3.63) is 28.5 Å². The molecule has 0 atom stereocenters. The second-order valence-electron chi connectivity index (χ2n) is 3.63. The third-order valence-electron chi connectivity index (χ3n) is 2.29. The Balaban J connectivity index is 2.71. The number of hydrogen-bond donors (Lipinski definition) is 1. The molecule has 0 aliphatic carbocycles. The van der Waals surface area contributed by atoms with Gasteiger partial charge in [-0.1, -0.05) is 31.9 Å². The van der Waals surface area contributed by atoms with E-state index in [4.69, 9.17) is 11.6 Å². The van der Waals surface area contributed by atoms with Crippen LogP contribution < -0.4 is 5.32 Å². The van der Waals surface area contributed by atoms with Crippen LogP contribution in [-0.4, -0.2) is 17.4 Å². The van der Waals surface area contributed by atoms with Crippen LogP contribution in [0.1, 0.15) is 42.7 Å². The number of unbranched alkanes of at least 4 members (excludes halogenated alkanes) is 1. The summed E-state index contributed by atoms with van der Waals surface area (Å²) in [5.74, 6) is -0.0764. The van der Waals surface area contributed by atoms with Gasteiger partial charge in [0.2, 0.25) is 0 Å². The van der Waals surface area contributed by atoms with Gasteiger partial charge in [0.05, 0.1) is 0 Å². The molecule has 0 spiro atoms. The standard InChI is InChI=1S/C12H17ClN2O/c1-3-5-6-14-12(16)9-7-10(4-2)15-11(13)8-9/h7-8H,3-6H2,1-2H3,(H,14,16). The third-order valence-corrected chi connectivity index (χ3v) is 2.48. The first-order valence-electron chi connectivity index (χ1n) is 5.62. The second-order valence-corrected chi connectivity index (χ2v) is 4.02. The summed E-state index contributed by atoms with van der Waals surface area (Å²) in [4.78, 5) is 15.9. The maximum absolute atomic E-state index is 11.7. The van der Waals surface area contributed by atoms with E-state index in [-0.39, 0.29) is 5.91 Å². The Labute approximate surface area is 101 Å². The molecule has 3 nitrogen and oxygen atoms in total. The van der Waals surface area contributed by atoms with Gasteiger partial charge >= 0.3 is 0 Å². The second kappa shape index (κ2) is 6.48. The summed E-state index contributed by atoms with van der Waals surface area (Å²) in [5.41, 5.74) is 1.43. The summed E-state index contributed by atoms with van der Waals surface area (Å²) in [6.07, 6.45) is 2.83. The third kappa shape index (κ3) is 3.81. The fourth-order valence-electron chi connectivity index (χ4n) is 1.34. The van der Waals surface area contributed by atoms with Crippen molar-refractivity contribution in [2.24, 2.45) is 0 Å². The van der Waals surface area contributed by atoms with E-state index in [0.29, 0.717) is 17.3 Å². The summed E-state index contributed by atoms with van der Waals surface area (Å²) in [6.45, 7) is 4.78. The monoisotopic (exact) mass is 240 g/mol. The number of carbonyl (C=O) groups is 1. The Morgan fingerprint density at radius 1 is 1.44 bits per heavy atom. The van der Waals surface area contributed by atoms with Crippen LogP contribution in [0.4, 0.5) is 0 Å². The maximum atomic E-state index is 11.7. The quantitative estimate of drug-likeness (QED) is 0.635. The number of rotatable bonds is 5. The zero-order valence-corrected chi connectivity index (χ0v) is 10.5. The van der Waals surface area contributed by atoms with Gasteiger partial charge in [0.25, 0.3) is 5.91 Å². The van der Waals surface area contributed by atoms with Crippen molar-refractivity contribution in [2.75, 3.05) is 6.54 Å². The predicted octanol–water partition coefficient (Wildman–Crippen LogP) is 2.83. The van der Waals surface area contributed by atoms with Crippen molar-refractivity contribution < 1.29 is 4.79 Å². The molecule has 88 valence electrons. The average Bonchev–Trinajstić information content (AvgIpc) is 2.28. The number of amides is 1. The summed E-state index contributed by atoms with van der Waals surface area (Å²) in [7, 11) is 0. The van der Waals surface area contributed by atoms with E-state index in [1.165, 1.54) is 0 Å². The summed E-state index contributed by atoms with van der Waals surface area (Å²) in [6, 6.07) is 3.38. The van der Waals surface area contributed by atoms with E-state index in [2.05, 4.69) is 17.2 Å². The van der Waals surface area contributed by atoms with Crippen molar-refractivity contribution in [1.29, 1.82) is 0 Å². The van der Waals surface area contributed by atoms with E-state index >= 15 is 0 Å². The lowest BCUT2D eigenvalue weighted by molar-refractivity contribution is 0.0953. The van der Waals surface area contributed by atoms with Gasteiger partial charge in [0, 0.05) is 17.8 Å². The summed E-state index contributed by atoms with van der Waals surface area (Å²) >= 11 is 5.84. The molecule has 0 aromatic carbocycles. The van der Waals surface area contributed by atoms with Crippen LogP contribution in [0.5, 0.6) is 0 Å². The maximum Gasteiger partial charge on any atom is 0.251 e. The molecule has 0 radical (unpaired) electrons. The lowest BCUT2D eigenvalue weighted by atomic mass is 10.2. The molecule has 1 N–H and O–H groups in total. The molecule has 0 bridgehead atoms. The first kappa shape index (κ1) is 13.0. The zero-order chi connectivity index (χ0) is 12.0. The van der Waals surface area contributed by atoms with Gasteiger partial charge in [-0.15, -0.1) is 0 Å². The Hall–Kier alpha value is -1.09. The van der Waals surface area contributed by atoms with Crippen LogP contribution in [-0.2, 0) is 6.42 Å². The number of nitrogens with one attached hydrogen (secondary N) is 1. The smallest absolute Gasteiger partial charge is 0.251 e. The molecule has 0 fully saturated rings. The zero-order valence-electron chi connectivity index (χ0n) is 9.72. The van der Waals surface area contributed by atoms with Gasteiger partial charge in [0.1, 0.15) is 5.15 Å². The van der Waals surface area contributed by atoms with Crippen molar-refractivity contribution in [3.63, 3.8) is 0 Å². The lowest BCUT2D eigenvalue weighted by Crippen LogP contribution is -2.24. The highest BCUT2D eigenvalue weighted by Gasteiger charge is 2.07. The molecule has 1 aromatic heterocycles. The molecular formula is C12H17ClN2O. The first-order chi connectivity index (χ1) is 7.67. The SMILES string of the molecule is CCCCNC(=O)c1cc(Cl)nc(CC)c1. The number of carbonyl (C=O) groups excluding carboxylic acids is 1. The van der Waals surface area contributed by atoms with E-state index in [1.807, 2.05) is 6.92 Å². The van der Waals surface area contributed by atoms with Gasteiger partial charge in [-0.25, -0.2) is 4.98 Å². The van der Waals surface area contributed by atoms with Crippen LogP contribution in [0.2, 0.25) is 5.15 Å². The predicted molar refractivity (Wildman–Crippen MR) is 65.9 cm³/mol. The topological polar surface area (TPSA) is 42.0 Å². The van der Waals surface area contributed by atoms with E-state index in [1.54, 1.807) is 12.1 Å². The minimum atomic E-state index is -0.0764. The molecule has 4 heteroatoms.